The summed E-state index contributed by atoms with van der Waals surface area (Å²) in [5.74, 6) is 0.625. The average molecular weight is 308 g/mol. The van der Waals surface area contributed by atoms with E-state index in [0.29, 0.717) is 5.92 Å². The van der Waals surface area contributed by atoms with Crippen LogP contribution in [0.15, 0.2) is 54.6 Å². The Morgan fingerprint density at radius 2 is 1.70 bits per heavy atom. The molecule has 0 unspecified atom stereocenters. The molecule has 0 radical (unpaired) electrons. The lowest BCUT2D eigenvalue weighted by molar-refractivity contribution is -0.117. The summed E-state index contributed by atoms with van der Waals surface area (Å²) in [6.45, 7) is 6.28. The highest BCUT2D eigenvalue weighted by Gasteiger charge is 2.43. The molecule has 0 heterocycles. The highest BCUT2D eigenvalue weighted by atomic mass is 16.2. The van der Waals surface area contributed by atoms with Gasteiger partial charge in [0.05, 0.1) is 0 Å². The zero-order chi connectivity index (χ0) is 16.2. The van der Waals surface area contributed by atoms with Crippen molar-refractivity contribution in [3.63, 3.8) is 0 Å². The Balaban J connectivity index is 1.59. The average Bonchev–Trinajstić information content (AvgIpc) is 3.39. The van der Waals surface area contributed by atoms with E-state index in [1.54, 1.807) is 0 Å². The predicted molar refractivity (Wildman–Crippen MR) is 95.9 cm³/mol. The second-order valence-electron chi connectivity index (χ2n) is 6.07. The fourth-order valence-corrected chi connectivity index (χ4v) is 3.13. The normalized spacial score (nSPS) is 19.2. The van der Waals surface area contributed by atoms with Gasteiger partial charge in [-0.25, -0.2) is 0 Å². The predicted octanol–water partition coefficient (Wildman–Crippen LogP) is 4.28. The molecule has 0 bridgehead atoms. The third-order valence-electron chi connectivity index (χ3n) is 4.62. The Morgan fingerprint density at radius 1 is 1.04 bits per heavy atom. The van der Waals surface area contributed by atoms with E-state index in [4.69, 9.17) is 0 Å². The number of rotatable bonds is 6. The van der Waals surface area contributed by atoms with Crippen molar-refractivity contribution in [3.8, 4) is 0 Å². The topological polar surface area (TPSA) is 32.3 Å². The molecule has 0 aromatic heterocycles. The molecule has 1 saturated carbocycles. The van der Waals surface area contributed by atoms with Gasteiger partial charge in [-0.1, -0.05) is 30.3 Å². The summed E-state index contributed by atoms with van der Waals surface area (Å²) in [4.78, 5) is 14.7. The van der Waals surface area contributed by atoms with Crippen molar-refractivity contribution < 1.29 is 4.79 Å². The van der Waals surface area contributed by atoms with E-state index < -0.39 is 0 Å². The molecule has 1 aliphatic carbocycles. The maximum absolute atomic E-state index is 12.4. The van der Waals surface area contributed by atoms with Crippen LogP contribution in [-0.4, -0.2) is 19.0 Å². The summed E-state index contributed by atoms with van der Waals surface area (Å²) in [6, 6.07) is 18.4. The van der Waals surface area contributed by atoms with Crippen molar-refractivity contribution >= 4 is 17.3 Å². The molecule has 120 valence electrons. The lowest BCUT2D eigenvalue weighted by atomic mass is 10.1. The van der Waals surface area contributed by atoms with Crippen LogP contribution in [-0.2, 0) is 4.79 Å². The first-order chi connectivity index (χ1) is 11.2. The number of benzene rings is 2. The number of nitrogens with zero attached hydrogens (tertiary/aromatic N) is 1. The van der Waals surface area contributed by atoms with Gasteiger partial charge in [-0.3, -0.25) is 4.79 Å². The number of hydrogen-bond acceptors (Lipinski definition) is 2. The third kappa shape index (κ3) is 3.55. The van der Waals surface area contributed by atoms with Gasteiger partial charge in [-0.05, 0) is 56.0 Å². The Hall–Kier alpha value is -2.29. The minimum Gasteiger partial charge on any atom is -0.372 e. The van der Waals surface area contributed by atoms with E-state index in [-0.39, 0.29) is 11.8 Å². The van der Waals surface area contributed by atoms with E-state index in [9.17, 15) is 4.79 Å². The van der Waals surface area contributed by atoms with Crippen LogP contribution in [0.4, 0.5) is 11.4 Å². The number of carbonyl (C=O) groups excluding carboxylic acids is 1. The van der Waals surface area contributed by atoms with Crippen LogP contribution in [0.1, 0.15) is 31.7 Å². The number of anilines is 2. The van der Waals surface area contributed by atoms with Crippen LogP contribution >= 0.6 is 0 Å². The minimum atomic E-state index is 0.111. The van der Waals surface area contributed by atoms with Crippen LogP contribution in [0.5, 0.6) is 0 Å². The molecule has 3 rings (SSSR count). The molecule has 0 spiro atoms. The Morgan fingerprint density at radius 3 is 2.30 bits per heavy atom. The smallest absolute Gasteiger partial charge is 0.228 e. The van der Waals surface area contributed by atoms with E-state index in [0.717, 1.165) is 25.2 Å². The van der Waals surface area contributed by atoms with E-state index >= 15 is 0 Å². The van der Waals surface area contributed by atoms with Crippen LogP contribution in [0, 0.1) is 5.92 Å². The maximum Gasteiger partial charge on any atom is 0.228 e. The van der Waals surface area contributed by atoms with E-state index in [1.165, 1.54) is 11.3 Å². The van der Waals surface area contributed by atoms with Gasteiger partial charge in [0.1, 0.15) is 0 Å². The summed E-state index contributed by atoms with van der Waals surface area (Å²) < 4.78 is 0. The van der Waals surface area contributed by atoms with Gasteiger partial charge in [0.15, 0.2) is 0 Å². The lowest BCUT2D eigenvalue weighted by Crippen LogP contribution is -2.21. The third-order valence-corrected chi connectivity index (χ3v) is 4.62. The highest BCUT2D eigenvalue weighted by Crippen LogP contribution is 2.47. The van der Waals surface area contributed by atoms with Gasteiger partial charge < -0.3 is 10.2 Å². The van der Waals surface area contributed by atoms with Crippen molar-refractivity contribution in [1.82, 2.24) is 0 Å². The molecular formula is C20H24N2O. The summed E-state index contributed by atoms with van der Waals surface area (Å²) in [5, 5.41) is 3.05. The fraction of sp³-hybridized carbons (Fsp3) is 0.350. The standard InChI is InChI=1S/C20H24N2O/c1-3-22(4-2)17-12-10-16(11-13-17)21-20(23)19-14-18(19)15-8-6-5-7-9-15/h5-13,18-19H,3-4,14H2,1-2H3,(H,21,23)/t18-,19-/m0/s1. The molecule has 1 aliphatic rings. The molecule has 0 saturated heterocycles. The number of carbonyl (C=O) groups is 1. The molecule has 1 amide bonds. The largest absolute Gasteiger partial charge is 0.372 e. The fourth-order valence-electron chi connectivity index (χ4n) is 3.13. The highest BCUT2D eigenvalue weighted by molar-refractivity contribution is 5.95. The summed E-state index contributed by atoms with van der Waals surface area (Å²) in [6.07, 6.45) is 0.952. The molecule has 1 fully saturated rings. The second-order valence-corrected chi connectivity index (χ2v) is 6.07. The summed E-state index contributed by atoms with van der Waals surface area (Å²) in [7, 11) is 0. The maximum atomic E-state index is 12.4. The van der Waals surface area contributed by atoms with Crippen LogP contribution in [0.2, 0.25) is 0 Å². The SMILES string of the molecule is CCN(CC)c1ccc(NC(=O)[C@H]2C[C@H]2c2ccccc2)cc1. The van der Waals surface area contributed by atoms with Crippen molar-refractivity contribution in [2.24, 2.45) is 5.92 Å². The van der Waals surface area contributed by atoms with Crippen molar-refractivity contribution in [3.05, 3.63) is 60.2 Å². The zero-order valence-corrected chi connectivity index (χ0v) is 13.8. The van der Waals surface area contributed by atoms with Gasteiger partial charge >= 0.3 is 0 Å². The van der Waals surface area contributed by atoms with E-state index in [2.05, 4.69) is 48.3 Å². The summed E-state index contributed by atoms with van der Waals surface area (Å²) in [5.41, 5.74) is 3.34. The van der Waals surface area contributed by atoms with Crippen LogP contribution in [0.3, 0.4) is 0 Å². The van der Waals surface area contributed by atoms with Gasteiger partial charge in [-0.2, -0.15) is 0 Å². The van der Waals surface area contributed by atoms with Crippen molar-refractivity contribution in [2.75, 3.05) is 23.3 Å². The number of amides is 1. The first-order valence-electron chi connectivity index (χ1n) is 8.43. The molecule has 2 aromatic rings. The molecule has 23 heavy (non-hydrogen) atoms. The van der Waals surface area contributed by atoms with Crippen molar-refractivity contribution in [1.29, 1.82) is 0 Å². The van der Waals surface area contributed by atoms with Crippen LogP contribution < -0.4 is 10.2 Å². The molecule has 3 heteroatoms. The first-order valence-corrected chi connectivity index (χ1v) is 8.43. The molecule has 2 atom stereocenters. The second kappa shape index (κ2) is 6.86. The van der Waals surface area contributed by atoms with E-state index in [1.807, 2.05) is 30.3 Å². The van der Waals surface area contributed by atoms with Crippen LogP contribution in [0.25, 0.3) is 0 Å². The molecule has 2 aromatic carbocycles. The lowest BCUT2D eigenvalue weighted by Gasteiger charge is -2.21. The van der Waals surface area contributed by atoms with Crippen molar-refractivity contribution in [2.45, 2.75) is 26.2 Å². The molecular weight excluding hydrogens is 284 g/mol. The molecule has 1 N–H and O–H groups in total. The number of hydrogen-bond donors (Lipinski definition) is 1. The molecule has 3 nitrogen and oxygen atoms in total. The Kier molecular flexibility index (Phi) is 4.65. The monoisotopic (exact) mass is 308 g/mol. The Labute approximate surface area is 138 Å². The van der Waals surface area contributed by atoms with Gasteiger partial charge in [0.2, 0.25) is 5.91 Å². The van der Waals surface area contributed by atoms with Gasteiger partial charge in [-0.15, -0.1) is 0 Å². The minimum absolute atomic E-state index is 0.111. The summed E-state index contributed by atoms with van der Waals surface area (Å²) >= 11 is 0. The molecule has 0 aliphatic heterocycles. The van der Waals surface area contributed by atoms with Gasteiger partial charge in [0.25, 0.3) is 0 Å². The number of nitrogens with one attached hydrogen (secondary N) is 1. The first kappa shape index (κ1) is 15.6. The van der Waals surface area contributed by atoms with Gasteiger partial charge in [0, 0.05) is 30.4 Å². The zero-order valence-electron chi connectivity index (χ0n) is 13.8. The quantitative estimate of drug-likeness (QED) is 0.864. The Bertz CT molecular complexity index is 647.